The van der Waals surface area contributed by atoms with Crippen LogP contribution in [-0.4, -0.2) is 17.8 Å². The summed E-state index contributed by atoms with van der Waals surface area (Å²) in [6.07, 6.45) is 0.625. The molecule has 1 aliphatic rings. The van der Waals surface area contributed by atoms with E-state index in [1.54, 1.807) is 0 Å². The molecule has 14 heavy (non-hydrogen) atoms. The molecule has 0 bridgehead atoms. The van der Waals surface area contributed by atoms with Gasteiger partial charge in [-0.1, -0.05) is 28.1 Å². The van der Waals surface area contributed by atoms with Crippen LogP contribution in [0.25, 0.3) is 0 Å². The molecule has 0 unspecified atom stereocenters. The molecule has 0 saturated carbocycles. The van der Waals surface area contributed by atoms with Crippen LogP contribution < -0.4 is 5.32 Å². The molecule has 1 heterocycles. The van der Waals surface area contributed by atoms with Gasteiger partial charge in [-0.3, -0.25) is 0 Å². The van der Waals surface area contributed by atoms with Crippen molar-refractivity contribution >= 4 is 28.3 Å². The second-order valence-electron chi connectivity index (χ2n) is 3.41. The zero-order chi connectivity index (χ0) is 9.26. The standard InChI is InChI=1S/C10H12BrNO.ClH/c11-8-3-1-2-7(4-8)10-5-9(13)6-12-10;/h1-4,9-10,12-13H,5-6H2;1H/t9-,10-;/m1./s1. The molecule has 78 valence electrons. The van der Waals surface area contributed by atoms with Gasteiger partial charge in [-0.25, -0.2) is 0 Å². The Hall–Kier alpha value is -0.0900. The van der Waals surface area contributed by atoms with Crippen LogP contribution >= 0.6 is 28.3 Å². The highest BCUT2D eigenvalue weighted by Crippen LogP contribution is 2.25. The number of β-amino-alcohol motifs (C(OH)–C–C–N with tert-alkyl or cyclic N) is 1. The van der Waals surface area contributed by atoms with E-state index in [2.05, 4.69) is 33.4 Å². The Balaban J connectivity index is 0.000000980. The highest BCUT2D eigenvalue weighted by Gasteiger charge is 2.22. The normalized spacial score (nSPS) is 25.9. The Labute approximate surface area is 98.3 Å². The van der Waals surface area contributed by atoms with Crippen LogP contribution in [0.4, 0.5) is 0 Å². The highest BCUT2D eigenvalue weighted by molar-refractivity contribution is 9.10. The van der Waals surface area contributed by atoms with E-state index in [0.29, 0.717) is 12.6 Å². The van der Waals surface area contributed by atoms with E-state index in [9.17, 15) is 5.11 Å². The number of nitrogens with one attached hydrogen (secondary N) is 1. The van der Waals surface area contributed by atoms with Crippen LogP contribution in [0.5, 0.6) is 0 Å². The van der Waals surface area contributed by atoms with Crippen molar-refractivity contribution in [1.29, 1.82) is 0 Å². The summed E-state index contributed by atoms with van der Waals surface area (Å²) in [5, 5.41) is 12.6. The molecule has 1 fully saturated rings. The maximum atomic E-state index is 9.36. The van der Waals surface area contributed by atoms with Gasteiger partial charge in [-0.15, -0.1) is 12.4 Å². The summed E-state index contributed by atoms with van der Waals surface area (Å²) in [4.78, 5) is 0. The summed E-state index contributed by atoms with van der Waals surface area (Å²) in [5.41, 5.74) is 1.24. The molecular formula is C10H13BrClNO. The van der Waals surface area contributed by atoms with Gasteiger partial charge in [-0.05, 0) is 24.1 Å². The van der Waals surface area contributed by atoms with Gasteiger partial charge in [0.15, 0.2) is 0 Å². The van der Waals surface area contributed by atoms with E-state index >= 15 is 0 Å². The van der Waals surface area contributed by atoms with Gasteiger partial charge < -0.3 is 10.4 Å². The molecule has 1 saturated heterocycles. The Morgan fingerprint density at radius 2 is 2.21 bits per heavy atom. The maximum absolute atomic E-state index is 9.36. The SMILES string of the molecule is Cl.O[C@H]1CN[C@@H](c2cccc(Br)c2)C1. The molecule has 2 N–H and O–H groups in total. The lowest BCUT2D eigenvalue weighted by molar-refractivity contribution is 0.193. The van der Waals surface area contributed by atoms with E-state index in [0.717, 1.165) is 10.9 Å². The second kappa shape index (κ2) is 5.12. The third kappa shape index (κ3) is 2.70. The molecule has 1 aliphatic heterocycles. The summed E-state index contributed by atoms with van der Waals surface area (Å²) >= 11 is 3.43. The fourth-order valence-corrected chi connectivity index (χ4v) is 2.11. The molecule has 2 atom stereocenters. The van der Waals surface area contributed by atoms with Crippen molar-refractivity contribution in [2.45, 2.75) is 18.6 Å². The summed E-state index contributed by atoms with van der Waals surface area (Å²) < 4.78 is 1.09. The van der Waals surface area contributed by atoms with E-state index in [4.69, 9.17) is 0 Å². The maximum Gasteiger partial charge on any atom is 0.0682 e. The molecule has 0 spiro atoms. The van der Waals surface area contributed by atoms with Gasteiger partial charge in [0.25, 0.3) is 0 Å². The van der Waals surface area contributed by atoms with Crippen molar-refractivity contribution in [3.63, 3.8) is 0 Å². The molecule has 1 aromatic rings. The minimum absolute atomic E-state index is 0. The lowest BCUT2D eigenvalue weighted by Crippen LogP contribution is -2.14. The van der Waals surface area contributed by atoms with E-state index < -0.39 is 0 Å². The fraction of sp³-hybridized carbons (Fsp3) is 0.400. The van der Waals surface area contributed by atoms with Crippen LogP contribution in [-0.2, 0) is 0 Å². The average molecular weight is 279 g/mol. The molecule has 0 radical (unpaired) electrons. The van der Waals surface area contributed by atoms with Crippen molar-refractivity contribution in [1.82, 2.24) is 5.32 Å². The van der Waals surface area contributed by atoms with Crippen LogP contribution in [0, 0.1) is 0 Å². The van der Waals surface area contributed by atoms with Gasteiger partial charge in [-0.2, -0.15) is 0 Å². The van der Waals surface area contributed by atoms with Gasteiger partial charge in [0.1, 0.15) is 0 Å². The zero-order valence-corrected chi connectivity index (χ0v) is 10.0. The lowest BCUT2D eigenvalue weighted by atomic mass is 10.1. The third-order valence-electron chi connectivity index (χ3n) is 2.36. The Morgan fingerprint density at radius 3 is 2.79 bits per heavy atom. The Kier molecular flexibility index (Phi) is 4.38. The number of aliphatic hydroxyl groups excluding tert-OH is 1. The molecule has 0 aromatic heterocycles. The Bertz CT molecular complexity index is 308. The summed E-state index contributed by atoms with van der Waals surface area (Å²) in [6.45, 7) is 0.706. The first-order valence-corrected chi connectivity index (χ1v) is 5.22. The zero-order valence-electron chi connectivity index (χ0n) is 7.61. The van der Waals surface area contributed by atoms with Gasteiger partial charge in [0.05, 0.1) is 6.10 Å². The van der Waals surface area contributed by atoms with Crippen LogP contribution in [0.1, 0.15) is 18.0 Å². The van der Waals surface area contributed by atoms with Crippen LogP contribution in [0.2, 0.25) is 0 Å². The molecule has 4 heteroatoms. The first-order valence-electron chi connectivity index (χ1n) is 4.42. The second-order valence-corrected chi connectivity index (χ2v) is 4.32. The van der Waals surface area contributed by atoms with Gasteiger partial charge in [0, 0.05) is 17.1 Å². The number of halogens is 2. The van der Waals surface area contributed by atoms with Gasteiger partial charge >= 0.3 is 0 Å². The van der Waals surface area contributed by atoms with Crippen molar-refractivity contribution in [3.05, 3.63) is 34.3 Å². The average Bonchev–Trinajstić information content (AvgIpc) is 2.52. The van der Waals surface area contributed by atoms with Gasteiger partial charge in [0.2, 0.25) is 0 Å². The van der Waals surface area contributed by atoms with E-state index in [-0.39, 0.29) is 18.5 Å². The molecule has 2 rings (SSSR count). The number of aliphatic hydroxyl groups is 1. The Morgan fingerprint density at radius 1 is 1.43 bits per heavy atom. The number of hydrogen-bond acceptors (Lipinski definition) is 2. The minimum Gasteiger partial charge on any atom is -0.392 e. The molecule has 1 aromatic carbocycles. The summed E-state index contributed by atoms with van der Waals surface area (Å²) in [7, 11) is 0. The topological polar surface area (TPSA) is 32.3 Å². The monoisotopic (exact) mass is 277 g/mol. The quantitative estimate of drug-likeness (QED) is 0.826. The smallest absolute Gasteiger partial charge is 0.0682 e. The number of benzene rings is 1. The first kappa shape index (κ1) is 12.0. The fourth-order valence-electron chi connectivity index (χ4n) is 1.69. The first-order chi connectivity index (χ1) is 6.25. The van der Waals surface area contributed by atoms with Crippen molar-refractivity contribution in [2.75, 3.05) is 6.54 Å². The highest BCUT2D eigenvalue weighted by atomic mass is 79.9. The number of hydrogen-bond donors (Lipinski definition) is 2. The number of rotatable bonds is 1. The van der Waals surface area contributed by atoms with Crippen molar-refractivity contribution in [3.8, 4) is 0 Å². The van der Waals surface area contributed by atoms with Crippen LogP contribution in [0.15, 0.2) is 28.7 Å². The summed E-state index contributed by atoms with van der Waals surface area (Å²) in [5.74, 6) is 0. The third-order valence-corrected chi connectivity index (χ3v) is 2.85. The molecular weight excluding hydrogens is 265 g/mol. The lowest BCUT2D eigenvalue weighted by Gasteiger charge is -2.10. The van der Waals surface area contributed by atoms with Crippen molar-refractivity contribution in [2.24, 2.45) is 0 Å². The largest absolute Gasteiger partial charge is 0.392 e. The van der Waals surface area contributed by atoms with E-state index in [1.165, 1.54) is 5.56 Å². The minimum atomic E-state index is -0.191. The predicted molar refractivity (Wildman–Crippen MR) is 62.8 cm³/mol. The van der Waals surface area contributed by atoms with Crippen molar-refractivity contribution < 1.29 is 5.11 Å². The molecule has 0 aliphatic carbocycles. The van der Waals surface area contributed by atoms with E-state index in [1.807, 2.05) is 12.1 Å². The predicted octanol–water partition coefficient (Wildman–Crippen LogP) is 2.27. The van der Waals surface area contributed by atoms with Crippen LogP contribution in [0.3, 0.4) is 0 Å². The molecule has 0 amide bonds. The molecule has 2 nitrogen and oxygen atoms in total. The summed E-state index contributed by atoms with van der Waals surface area (Å²) in [6, 6.07) is 8.52.